The average molecular weight is 269 g/mol. The minimum atomic E-state index is 0.353. The molecule has 0 bridgehead atoms. The average Bonchev–Trinajstić information content (AvgIpc) is 2.56. The van der Waals surface area contributed by atoms with E-state index < -0.39 is 0 Å². The van der Waals surface area contributed by atoms with Gasteiger partial charge in [-0.25, -0.2) is 0 Å². The van der Waals surface area contributed by atoms with Crippen LogP contribution in [-0.4, -0.2) is 53.5 Å². The van der Waals surface area contributed by atoms with Crippen molar-refractivity contribution in [3.8, 4) is 5.75 Å². The standard InChI is InChI=1S/C14H21ClN2O/c15-5-8-16-6-2-7-17(10-9-16)12-13-3-1-4-14(18)11-13/h1,3-4,11,18H,2,5-10,12H2. The number of hydrogen-bond donors (Lipinski definition) is 1. The van der Waals surface area contributed by atoms with Gasteiger partial charge in [-0.05, 0) is 37.2 Å². The van der Waals surface area contributed by atoms with E-state index >= 15 is 0 Å². The first kappa shape index (κ1) is 13.7. The predicted octanol–water partition coefficient (Wildman–Crippen LogP) is 2.14. The maximum Gasteiger partial charge on any atom is 0.115 e. The molecule has 1 N–H and O–H groups in total. The third-order valence-corrected chi connectivity index (χ3v) is 3.57. The minimum Gasteiger partial charge on any atom is -0.508 e. The predicted molar refractivity (Wildman–Crippen MR) is 75.2 cm³/mol. The maximum atomic E-state index is 9.47. The smallest absolute Gasteiger partial charge is 0.115 e. The fraction of sp³-hybridized carbons (Fsp3) is 0.571. The van der Waals surface area contributed by atoms with Gasteiger partial charge in [-0.1, -0.05) is 12.1 Å². The van der Waals surface area contributed by atoms with Crippen LogP contribution in [0.15, 0.2) is 24.3 Å². The van der Waals surface area contributed by atoms with Crippen molar-refractivity contribution in [1.82, 2.24) is 9.80 Å². The summed E-state index contributed by atoms with van der Waals surface area (Å²) >= 11 is 5.79. The molecule has 1 aromatic rings. The molecule has 1 aromatic carbocycles. The number of benzene rings is 1. The number of nitrogens with zero attached hydrogens (tertiary/aromatic N) is 2. The van der Waals surface area contributed by atoms with Gasteiger partial charge in [0.2, 0.25) is 0 Å². The zero-order valence-electron chi connectivity index (χ0n) is 10.7. The van der Waals surface area contributed by atoms with E-state index in [-0.39, 0.29) is 0 Å². The van der Waals surface area contributed by atoms with Crippen molar-refractivity contribution in [2.24, 2.45) is 0 Å². The normalized spacial score (nSPS) is 18.7. The Labute approximate surface area is 114 Å². The minimum absolute atomic E-state index is 0.353. The van der Waals surface area contributed by atoms with Gasteiger partial charge in [-0.2, -0.15) is 0 Å². The summed E-state index contributed by atoms with van der Waals surface area (Å²) in [4.78, 5) is 4.87. The molecule has 0 saturated carbocycles. The lowest BCUT2D eigenvalue weighted by Gasteiger charge is -2.21. The Morgan fingerprint density at radius 3 is 2.67 bits per heavy atom. The van der Waals surface area contributed by atoms with Crippen LogP contribution in [0.3, 0.4) is 0 Å². The quantitative estimate of drug-likeness (QED) is 0.848. The second-order valence-corrected chi connectivity index (χ2v) is 5.21. The van der Waals surface area contributed by atoms with Crippen LogP contribution in [0.1, 0.15) is 12.0 Å². The van der Waals surface area contributed by atoms with Crippen LogP contribution >= 0.6 is 11.6 Å². The number of alkyl halides is 1. The van der Waals surface area contributed by atoms with Crippen LogP contribution in [0, 0.1) is 0 Å². The topological polar surface area (TPSA) is 26.7 Å². The zero-order chi connectivity index (χ0) is 12.8. The molecule has 0 radical (unpaired) electrons. The molecular weight excluding hydrogens is 248 g/mol. The van der Waals surface area contributed by atoms with E-state index in [0.717, 1.165) is 39.3 Å². The summed E-state index contributed by atoms with van der Waals surface area (Å²) in [7, 11) is 0. The molecule has 0 aliphatic carbocycles. The van der Waals surface area contributed by atoms with Gasteiger partial charge < -0.3 is 10.0 Å². The van der Waals surface area contributed by atoms with Crippen LogP contribution in [0.5, 0.6) is 5.75 Å². The Morgan fingerprint density at radius 2 is 1.89 bits per heavy atom. The zero-order valence-corrected chi connectivity index (χ0v) is 11.4. The maximum absolute atomic E-state index is 9.47. The Balaban J connectivity index is 1.87. The first-order valence-corrected chi connectivity index (χ1v) is 7.10. The lowest BCUT2D eigenvalue weighted by molar-refractivity contribution is 0.258. The van der Waals surface area contributed by atoms with Crippen molar-refractivity contribution >= 4 is 11.6 Å². The highest BCUT2D eigenvalue weighted by molar-refractivity contribution is 6.18. The number of phenolic OH excluding ortho intramolecular Hbond substituents is 1. The van der Waals surface area contributed by atoms with E-state index in [1.807, 2.05) is 12.1 Å². The summed E-state index contributed by atoms with van der Waals surface area (Å²) in [5.74, 6) is 1.07. The molecule has 0 amide bonds. The molecule has 1 saturated heterocycles. The second kappa shape index (κ2) is 6.98. The van der Waals surface area contributed by atoms with Gasteiger partial charge in [0.25, 0.3) is 0 Å². The molecule has 0 spiro atoms. The molecule has 2 rings (SSSR count). The van der Waals surface area contributed by atoms with E-state index in [0.29, 0.717) is 11.6 Å². The summed E-state index contributed by atoms with van der Waals surface area (Å²) in [6.45, 7) is 6.33. The second-order valence-electron chi connectivity index (χ2n) is 4.83. The Morgan fingerprint density at radius 1 is 1.11 bits per heavy atom. The van der Waals surface area contributed by atoms with E-state index in [4.69, 9.17) is 11.6 Å². The first-order chi connectivity index (χ1) is 8.78. The summed E-state index contributed by atoms with van der Waals surface area (Å²) in [6, 6.07) is 7.54. The van der Waals surface area contributed by atoms with Gasteiger partial charge in [-0.15, -0.1) is 11.6 Å². The third kappa shape index (κ3) is 4.16. The molecule has 1 aliphatic heterocycles. The SMILES string of the molecule is Oc1cccc(CN2CCCN(CCCl)CC2)c1. The summed E-state index contributed by atoms with van der Waals surface area (Å²) in [5.41, 5.74) is 1.18. The van der Waals surface area contributed by atoms with Crippen molar-refractivity contribution in [2.75, 3.05) is 38.6 Å². The Hall–Kier alpha value is -0.770. The van der Waals surface area contributed by atoms with Crippen LogP contribution in [0.25, 0.3) is 0 Å². The highest BCUT2D eigenvalue weighted by Crippen LogP contribution is 2.14. The van der Waals surface area contributed by atoms with Gasteiger partial charge in [0.1, 0.15) is 5.75 Å². The van der Waals surface area contributed by atoms with Crippen molar-refractivity contribution in [1.29, 1.82) is 0 Å². The van der Waals surface area contributed by atoms with Gasteiger partial charge in [0.05, 0.1) is 0 Å². The highest BCUT2D eigenvalue weighted by Gasteiger charge is 2.14. The van der Waals surface area contributed by atoms with Crippen LogP contribution in [-0.2, 0) is 6.54 Å². The number of aromatic hydroxyl groups is 1. The van der Waals surface area contributed by atoms with Gasteiger partial charge in [0, 0.05) is 32.1 Å². The number of rotatable bonds is 4. The largest absolute Gasteiger partial charge is 0.508 e. The molecule has 18 heavy (non-hydrogen) atoms. The van der Waals surface area contributed by atoms with Gasteiger partial charge in [-0.3, -0.25) is 4.90 Å². The van der Waals surface area contributed by atoms with Gasteiger partial charge >= 0.3 is 0 Å². The van der Waals surface area contributed by atoms with Crippen molar-refractivity contribution in [3.05, 3.63) is 29.8 Å². The molecule has 1 fully saturated rings. The lowest BCUT2D eigenvalue weighted by Crippen LogP contribution is -2.31. The van der Waals surface area contributed by atoms with E-state index in [9.17, 15) is 5.11 Å². The molecule has 100 valence electrons. The van der Waals surface area contributed by atoms with Gasteiger partial charge in [0.15, 0.2) is 0 Å². The summed E-state index contributed by atoms with van der Waals surface area (Å²) in [6.07, 6.45) is 1.19. The number of halogens is 1. The van der Waals surface area contributed by atoms with Crippen molar-refractivity contribution in [2.45, 2.75) is 13.0 Å². The highest BCUT2D eigenvalue weighted by atomic mass is 35.5. The monoisotopic (exact) mass is 268 g/mol. The van der Waals surface area contributed by atoms with Crippen molar-refractivity contribution < 1.29 is 5.11 Å². The third-order valence-electron chi connectivity index (χ3n) is 3.40. The van der Waals surface area contributed by atoms with Crippen LogP contribution in [0.2, 0.25) is 0 Å². The molecular formula is C14H21ClN2O. The molecule has 0 aromatic heterocycles. The number of phenols is 1. The molecule has 0 unspecified atom stereocenters. The first-order valence-electron chi connectivity index (χ1n) is 6.56. The lowest BCUT2D eigenvalue weighted by atomic mass is 10.2. The molecule has 1 heterocycles. The molecule has 4 heteroatoms. The molecule has 1 aliphatic rings. The van der Waals surface area contributed by atoms with E-state index in [1.165, 1.54) is 12.0 Å². The Bertz CT molecular complexity index is 373. The van der Waals surface area contributed by atoms with E-state index in [2.05, 4.69) is 15.9 Å². The molecule has 3 nitrogen and oxygen atoms in total. The van der Waals surface area contributed by atoms with E-state index in [1.54, 1.807) is 6.07 Å². The fourth-order valence-electron chi connectivity index (χ4n) is 2.44. The fourth-order valence-corrected chi connectivity index (χ4v) is 2.68. The number of hydrogen-bond acceptors (Lipinski definition) is 3. The van der Waals surface area contributed by atoms with Crippen molar-refractivity contribution in [3.63, 3.8) is 0 Å². The van der Waals surface area contributed by atoms with Crippen LogP contribution in [0.4, 0.5) is 0 Å². The Kier molecular flexibility index (Phi) is 5.29. The summed E-state index contributed by atoms with van der Waals surface area (Å²) in [5, 5.41) is 9.47. The van der Waals surface area contributed by atoms with Crippen LogP contribution < -0.4 is 0 Å². The summed E-state index contributed by atoms with van der Waals surface area (Å²) < 4.78 is 0. The molecule has 0 atom stereocenters.